The summed E-state index contributed by atoms with van der Waals surface area (Å²) in [5.41, 5.74) is 3.59. The smallest absolute Gasteiger partial charge is 0.213 e. The molecule has 76 heavy (non-hydrogen) atoms. The Labute approximate surface area is 437 Å². The normalized spacial score (nSPS) is 22.7. The van der Waals surface area contributed by atoms with E-state index >= 15 is 0 Å². The van der Waals surface area contributed by atoms with Crippen LogP contribution >= 0.6 is 0 Å². The topological polar surface area (TPSA) is 234 Å². The third-order valence-corrected chi connectivity index (χ3v) is 14.2. The number of aliphatic hydroxyl groups is 6. The van der Waals surface area contributed by atoms with Gasteiger partial charge in [-0.3, -0.25) is 9.97 Å². The molecule has 16 nitrogen and oxygen atoms in total. The first kappa shape index (κ1) is 56.2. The Bertz CT molecular complexity index is 2940. The Kier molecular flexibility index (Phi) is 19.5. The monoisotopic (exact) mass is 1060 g/mol. The van der Waals surface area contributed by atoms with Gasteiger partial charge in [-0.1, -0.05) is 24.3 Å². The van der Waals surface area contributed by atoms with Crippen LogP contribution in [0.25, 0.3) is 34.2 Å². The predicted octanol–water partition coefficient (Wildman–Crippen LogP) is 5.17. The van der Waals surface area contributed by atoms with E-state index in [1.165, 1.54) is 26.4 Å². The number of nitrogens with zero attached hydrogens (tertiary/aromatic N) is 4. The van der Waals surface area contributed by atoms with Crippen LogP contribution in [0.3, 0.4) is 0 Å². The van der Waals surface area contributed by atoms with Crippen molar-refractivity contribution >= 4 is 34.2 Å². The fraction of sp³-hybridized carbons (Fsp3) is 0.429. The van der Waals surface area contributed by atoms with Gasteiger partial charge in [0.05, 0.1) is 97.8 Å². The van der Waals surface area contributed by atoms with Gasteiger partial charge in [0, 0.05) is 86.0 Å². The van der Waals surface area contributed by atoms with Crippen molar-refractivity contribution in [2.45, 2.75) is 112 Å². The zero-order valence-corrected chi connectivity index (χ0v) is 42.0. The molecule has 0 radical (unpaired) electrons. The number of nitrogens with one attached hydrogen (secondary N) is 2. The van der Waals surface area contributed by atoms with E-state index in [9.17, 15) is 48.2 Å². The van der Waals surface area contributed by atoms with E-state index in [1.54, 1.807) is 60.9 Å². The number of hydrogen-bond donors (Lipinski definition) is 8. The van der Waals surface area contributed by atoms with Crippen molar-refractivity contribution in [1.82, 2.24) is 30.6 Å². The summed E-state index contributed by atoms with van der Waals surface area (Å²) < 4.78 is 81.0. The number of halogens is 4. The maximum atomic E-state index is 14.5. The average Bonchev–Trinajstić information content (AvgIpc) is 3.44. The highest BCUT2D eigenvalue weighted by Gasteiger charge is 2.47. The van der Waals surface area contributed by atoms with E-state index < -0.39 is 103 Å². The molecule has 20 heteroatoms. The zero-order valence-electron chi connectivity index (χ0n) is 42.0. The number of aromatic nitrogens is 4. The van der Waals surface area contributed by atoms with Gasteiger partial charge in [-0.15, -0.1) is 0 Å². The lowest BCUT2D eigenvalue weighted by molar-refractivity contribution is -0.192. The van der Waals surface area contributed by atoms with Gasteiger partial charge in [-0.25, -0.2) is 27.5 Å². The molecule has 0 amide bonds. The second-order valence-corrected chi connectivity index (χ2v) is 19.2. The van der Waals surface area contributed by atoms with Gasteiger partial charge in [0.2, 0.25) is 11.8 Å². The highest BCUT2D eigenvalue weighted by molar-refractivity contribution is 5.79. The molecule has 8 N–H and O–H groups in total. The Balaban J connectivity index is 1.04. The van der Waals surface area contributed by atoms with Crippen LogP contribution in [0.15, 0.2) is 97.3 Å². The quantitative estimate of drug-likeness (QED) is 0.0387. The molecule has 2 saturated heterocycles. The summed E-state index contributed by atoms with van der Waals surface area (Å²) in [7, 11) is 2.98. The van der Waals surface area contributed by atoms with E-state index in [-0.39, 0.29) is 49.9 Å². The van der Waals surface area contributed by atoms with Crippen LogP contribution in [-0.2, 0) is 22.3 Å². The van der Waals surface area contributed by atoms with Crippen LogP contribution < -0.4 is 20.1 Å². The largest absolute Gasteiger partial charge is 0.481 e. The first-order chi connectivity index (χ1) is 36.7. The van der Waals surface area contributed by atoms with Crippen LogP contribution in [0.2, 0.25) is 0 Å². The van der Waals surface area contributed by atoms with Crippen molar-refractivity contribution in [2.24, 2.45) is 5.92 Å². The lowest BCUT2D eigenvalue weighted by Crippen LogP contribution is -2.60. The fourth-order valence-electron chi connectivity index (χ4n) is 10.3. The van der Waals surface area contributed by atoms with Gasteiger partial charge in [-0.2, -0.15) is 0 Å². The summed E-state index contributed by atoms with van der Waals surface area (Å²) in [6.07, 6.45) is -0.676. The van der Waals surface area contributed by atoms with Crippen molar-refractivity contribution < 1.29 is 67.1 Å². The highest BCUT2D eigenvalue weighted by atomic mass is 19.1. The summed E-state index contributed by atoms with van der Waals surface area (Å²) in [4.78, 5) is 17.9. The maximum absolute atomic E-state index is 14.5. The Morgan fingerprint density at radius 1 is 0.632 bits per heavy atom. The molecule has 4 aromatic heterocycles. The fourth-order valence-corrected chi connectivity index (χ4v) is 10.3. The van der Waals surface area contributed by atoms with Gasteiger partial charge in [0.1, 0.15) is 23.3 Å². The average molecular weight is 1060 g/mol. The molecule has 6 heterocycles. The number of hydrogen-bond acceptors (Lipinski definition) is 16. The molecule has 2 aromatic carbocycles. The molecule has 0 aliphatic carbocycles. The number of methoxy groups -OCH3 is 2. The summed E-state index contributed by atoms with van der Waals surface area (Å²) in [5, 5.41) is 77.0. The lowest BCUT2D eigenvalue weighted by Gasteiger charge is -2.46. The van der Waals surface area contributed by atoms with Gasteiger partial charge in [-0.05, 0) is 97.5 Å². The van der Waals surface area contributed by atoms with Gasteiger partial charge >= 0.3 is 0 Å². The first-order valence-corrected chi connectivity index (χ1v) is 25.3. The van der Waals surface area contributed by atoms with Crippen LogP contribution in [0.4, 0.5) is 17.6 Å². The SMILES string of the molecule is COc1ccc2nccc(C[C@H](O)[C@@H]3CC[C@@H](NC/C=C/c4cc(F)ccc4F)[C@@H](C(C(O)CO)C(O)[C@@H](O)C[C@H]4O[C@H]([C@@H](O)Cc5ccnc6ccc(OC)nc56)CC[C@H]4NC/C=C/c4cc(F)ccc4F)O3)c2n1. The van der Waals surface area contributed by atoms with E-state index in [4.69, 9.17) is 18.9 Å². The van der Waals surface area contributed by atoms with E-state index in [2.05, 4.69) is 30.6 Å². The second kappa shape index (κ2) is 26.3. The standard InChI is InChI=1S/C56H64F4N6O10/c1-73-50-17-13-40-53(65-50)33(19-23-63-40)27-43(68)47-15-11-39(61-21-3-5-31-25-35(57)7-9-37(31)59)49(75-47)29-45(70)55(72)52(46(71)30-67)56-42(62-22-4-6-32-26-36(58)8-10-38(32)60)12-16-48(76-56)44(69)28-34-20-24-64-41-14-18-51(74-2)66-54(34)41/h3-10,13-14,17-20,23-26,39,42-49,52,55-56,61-62,67-72H,11-12,15-16,21-22,27-30H2,1-2H3/b5-3+,6-4+/t39-,42-,43+,44+,45+,46?,47+,48+,49-,52?,55?,56+/m1/s1. The maximum Gasteiger partial charge on any atom is 0.213 e. The summed E-state index contributed by atoms with van der Waals surface area (Å²) in [5.74, 6) is -3.17. The van der Waals surface area contributed by atoms with Crippen LogP contribution in [0, 0.1) is 29.2 Å². The minimum absolute atomic E-state index is 0.0109. The number of benzene rings is 2. The van der Waals surface area contributed by atoms with Crippen molar-refractivity contribution in [2.75, 3.05) is 33.9 Å². The Morgan fingerprint density at radius 2 is 1.13 bits per heavy atom. The molecular formula is C56H64F4N6O10. The molecule has 0 saturated carbocycles. The van der Waals surface area contributed by atoms with Crippen molar-refractivity contribution in [3.8, 4) is 11.8 Å². The highest BCUT2D eigenvalue weighted by Crippen LogP contribution is 2.35. The Hall–Kier alpha value is -6.04. The number of pyridine rings is 4. The van der Waals surface area contributed by atoms with Gasteiger partial charge in [0.25, 0.3) is 0 Å². The molecule has 8 rings (SSSR count). The minimum Gasteiger partial charge on any atom is -0.481 e. The summed E-state index contributed by atoms with van der Waals surface area (Å²) in [6, 6.07) is 15.3. The van der Waals surface area contributed by atoms with Crippen LogP contribution in [0.5, 0.6) is 11.8 Å². The van der Waals surface area contributed by atoms with Gasteiger partial charge in [0.15, 0.2) is 0 Å². The predicted molar refractivity (Wildman–Crippen MR) is 275 cm³/mol. The molecule has 12 atom stereocenters. The van der Waals surface area contributed by atoms with Crippen molar-refractivity contribution in [3.63, 3.8) is 0 Å². The molecular weight excluding hydrogens is 993 g/mol. The second-order valence-electron chi connectivity index (χ2n) is 19.2. The number of ether oxygens (including phenoxy) is 4. The minimum atomic E-state index is -1.81. The van der Waals surface area contributed by atoms with Crippen LogP contribution in [0.1, 0.15) is 54.4 Å². The summed E-state index contributed by atoms with van der Waals surface area (Å²) in [6.45, 7) is -0.623. The van der Waals surface area contributed by atoms with E-state index in [0.29, 0.717) is 64.2 Å². The van der Waals surface area contributed by atoms with Gasteiger partial charge < -0.3 is 60.2 Å². The molecule has 6 aromatic rings. The van der Waals surface area contributed by atoms with Crippen LogP contribution in [-0.4, -0.2) is 152 Å². The third kappa shape index (κ3) is 13.9. The zero-order chi connectivity index (χ0) is 53.9. The number of aliphatic hydroxyl groups excluding tert-OH is 6. The summed E-state index contributed by atoms with van der Waals surface area (Å²) >= 11 is 0. The molecule has 2 fully saturated rings. The molecule has 406 valence electrons. The van der Waals surface area contributed by atoms with Crippen molar-refractivity contribution in [1.29, 1.82) is 0 Å². The molecule has 2 aliphatic rings. The van der Waals surface area contributed by atoms with E-state index in [0.717, 1.165) is 36.4 Å². The third-order valence-electron chi connectivity index (χ3n) is 14.2. The first-order valence-electron chi connectivity index (χ1n) is 25.3. The molecule has 0 spiro atoms. The Morgan fingerprint density at radius 3 is 1.64 bits per heavy atom. The van der Waals surface area contributed by atoms with E-state index in [1.807, 2.05) is 0 Å². The molecule has 0 bridgehead atoms. The lowest BCUT2D eigenvalue weighted by atomic mass is 9.79. The number of rotatable bonds is 23. The molecule has 2 aliphatic heterocycles. The number of fused-ring (bicyclic) bond motifs is 2. The molecule has 3 unspecified atom stereocenters. The van der Waals surface area contributed by atoms with Crippen molar-refractivity contribution in [3.05, 3.63) is 143 Å².